The smallest absolute Gasteiger partial charge is 0.195 e. The van der Waals surface area contributed by atoms with Crippen LogP contribution in [0.3, 0.4) is 0 Å². The minimum atomic E-state index is -0.784. The molecule has 0 bridgehead atoms. The molecule has 0 amide bonds. The third-order valence-electron chi connectivity index (χ3n) is 7.71. The molecule has 1 fully saturated rings. The molecule has 2 aliphatic rings. The van der Waals surface area contributed by atoms with Crippen molar-refractivity contribution in [3.63, 3.8) is 0 Å². The number of rotatable bonds is 7. The lowest BCUT2D eigenvalue weighted by Crippen LogP contribution is -2.34. The number of aromatic nitrogens is 2. The van der Waals surface area contributed by atoms with E-state index in [2.05, 4.69) is 39.7 Å². The highest BCUT2D eigenvalue weighted by Gasteiger charge is 2.38. The first-order chi connectivity index (χ1) is 18.5. The van der Waals surface area contributed by atoms with Crippen molar-refractivity contribution in [2.75, 3.05) is 26.3 Å². The SMILES string of the molecule is C/C(=C/n1c2c(c3cc(Cl)ccc31)CN(CCCC1(c3ccc(F)cc3)OCCO1)CC2)c1ccncc1. The van der Waals surface area contributed by atoms with Gasteiger partial charge in [0.15, 0.2) is 5.79 Å². The Labute approximate surface area is 227 Å². The lowest BCUT2D eigenvalue weighted by Gasteiger charge is -2.31. The third-order valence-corrected chi connectivity index (χ3v) is 7.94. The van der Waals surface area contributed by atoms with Crippen molar-refractivity contribution in [3.05, 3.63) is 100 Å². The van der Waals surface area contributed by atoms with Gasteiger partial charge in [0, 0.05) is 66.2 Å². The Hall–Kier alpha value is -3.03. The Balaban J connectivity index is 1.22. The van der Waals surface area contributed by atoms with Crippen LogP contribution in [0.1, 0.15) is 42.1 Å². The van der Waals surface area contributed by atoms with Gasteiger partial charge < -0.3 is 14.0 Å². The topological polar surface area (TPSA) is 39.5 Å². The number of hydrogen-bond acceptors (Lipinski definition) is 4. The zero-order chi connectivity index (χ0) is 26.1. The summed E-state index contributed by atoms with van der Waals surface area (Å²) in [7, 11) is 0. The fraction of sp³-hybridized carbons (Fsp3) is 0.323. The van der Waals surface area contributed by atoms with Gasteiger partial charge in [-0.15, -0.1) is 0 Å². The van der Waals surface area contributed by atoms with Gasteiger partial charge in [-0.05, 0) is 79.1 Å². The summed E-state index contributed by atoms with van der Waals surface area (Å²) >= 11 is 6.45. The summed E-state index contributed by atoms with van der Waals surface area (Å²) in [5, 5.41) is 1.96. The van der Waals surface area contributed by atoms with E-state index in [4.69, 9.17) is 21.1 Å². The van der Waals surface area contributed by atoms with Gasteiger partial charge in [-0.3, -0.25) is 9.88 Å². The molecule has 0 atom stereocenters. The Morgan fingerprint density at radius 2 is 1.84 bits per heavy atom. The van der Waals surface area contributed by atoms with Crippen LogP contribution < -0.4 is 0 Å². The van der Waals surface area contributed by atoms with Gasteiger partial charge in [-0.2, -0.15) is 0 Å². The standard InChI is InChI=1S/C31H31ClFN3O2/c1-22(23-9-13-34-14-10-23)20-36-29-8-5-25(32)19-27(29)28-21-35(16-11-30(28)36)15-2-12-31(37-17-18-38-31)24-3-6-26(33)7-4-24/h3-10,13-14,19-20H,2,11-12,15-18,21H2,1H3/b22-20-. The molecule has 5 nitrogen and oxygen atoms in total. The van der Waals surface area contributed by atoms with E-state index in [1.165, 1.54) is 39.9 Å². The number of fused-ring (bicyclic) bond motifs is 3. The van der Waals surface area contributed by atoms with Gasteiger partial charge in [0.25, 0.3) is 0 Å². The Morgan fingerprint density at radius 3 is 2.61 bits per heavy atom. The van der Waals surface area contributed by atoms with Crippen LogP contribution in [0.4, 0.5) is 4.39 Å². The van der Waals surface area contributed by atoms with Crippen molar-refractivity contribution >= 4 is 34.3 Å². The highest BCUT2D eigenvalue weighted by atomic mass is 35.5. The van der Waals surface area contributed by atoms with E-state index in [1.54, 1.807) is 12.1 Å². The molecule has 6 rings (SSSR count). The number of hydrogen-bond donors (Lipinski definition) is 0. The highest BCUT2D eigenvalue weighted by molar-refractivity contribution is 6.31. The molecule has 0 saturated carbocycles. The second-order valence-electron chi connectivity index (χ2n) is 10.1. The second kappa shape index (κ2) is 10.6. The quantitative estimate of drug-likeness (QED) is 0.260. The maximum absolute atomic E-state index is 13.5. The zero-order valence-corrected chi connectivity index (χ0v) is 22.3. The summed E-state index contributed by atoms with van der Waals surface area (Å²) in [5.74, 6) is -1.04. The number of halogens is 2. The average Bonchev–Trinajstić information content (AvgIpc) is 3.53. The lowest BCUT2D eigenvalue weighted by molar-refractivity contribution is -0.172. The number of ether oxygens (including phenoxy) is 2. The van der Waals surface area contributed by atoms with Crippen LogP contribution >= 0.6 is 11.6 Å². The average molecular weight is 532 g/mol. The molecule has 1 saturated heterocycles. The van der Waals surface area contributed by atoms with Crippen LogP contribution in [-0.2, 0) is 28.2 Å². The predicted octanol–water partition coefficient (Wildman–Crippen LogP) is 6.88. The molecule has 0 unspecified atom stereocenters. The molecule has 0 aliphatic carbocycles. The highest BCUT2D eigenvalue weighted by Crippen LogP contribution is 2.37. The van der Waals surface area contributed by atoms with Crippen molar-refractivity contribution < 1.29 is 13.9 Å². The van der Waals surface area contributed by atoms with E-state index in [9.17, 15) is 4.39 Å². The van der Waals surface area contributed by atoms with Crippen LogP contribution in [0.5, 0.6) is 0 Å². The van der Waals surface area contributed by atoms with Crippen molar-refractivity contribution in [1.82, 2.24) is 14.5 Å². The van der Waals surface area contributed by atoms with Crippen molar-refractivity contribution in [2.45, 2.75) is 38.5 Å². The lowest BCUT2D eigenvalue weighted by atomic mass is 9.99. The van der Waals surface area contributed by atoms with Crippen molar-refractivity contribution in [3.8, 4) is 0 Å². The van der Waals surface area contributed by atoms with E-state index in [0.717, 1.165) is 55.0 Å². The number of nitrogens with zero attached hydrogens (tertiary/aromatic N) is 3. The van der Waals surface area contributed by atoms with Gasteiger partial charge >= 0.3 is 0 Å². The summed E-state index contributed by atoms with van der Waals surface area (Å²) in [5.41, 5.74) is 7.09. The molecule has 4 aromatic rings. The number of pyridine rings is 1. The Kier molecular flexibility index (Phi) is 7.06. The first-order valence-corrected chi connectivity index (χ1v) is 13.6. The van der Waals surface area contributed by atoms with E-state index < -0.39 is 5.79 Å². The van der Waals surface area contributed by atoms with Crippen LogP contribution in [0.2, 0.25) is 5.02 Å². The summed E-state index contributed by atoms with van der Waals surface area (Å²) in [6, 6.07) is 16.8. The normalized spacial score (nSPS) is 17.7. The van der Waals surface area contributed by atoms with Gasteiger partial charge in [0.2, 0.25) is 0 Å². The fourth-order valence-corrected chi connectivity index (χ4v) is 5.96. The second-order valence-corrected chi connectivity index (χ2v) is 10.5. The summed E-state index contributed by atoms with van der Waals surface area (Å²) in [4.78, 5) is 6.65. The first kappa shape index (κ1) is 25.3. The van der Waals surface area contributed by atoms with Gasteiger partial charge in [-0.25, -0.2) is 4.39 Å². The van der Waals surface area contributed by atoms with Crippen molar-refractivity contribution in [2.24, 2.45) is 0 Å². The maximum atomic E-state index is 13.5. The van der Waals surface area contributed by atoms with E-state index in [0.29, 0.717) is 13.2 Å². The van der Waals surface area contributed by atoms with Crippen LogP contribution in [0, 0.1) is 5.82 Å². The molecule has 7 heteroatoms. The summed E-state index contributed by atoms with van der Waals surface area (Å²) < 4.78 is 28.0. The molecule has 196 valence electrons. The van der Waals surface area contributed by atoms with Gasteiger partial charge in [-0.1, -0.05) is 23.7 Å². The molecule has 2 aromatic carbocycles. The molecule has 0 spiro atoms. The van der Waals surface area contributed by atoms with Crippen LogP contribution in [0.25, 0.3) is 22.7 Å². The summed E-state index contributed by atoms with van der Waals surface area (Å²) in [6.45, 7) is 6.02. The number of benzene rings is 2. The predicted molar refractivity (Wildman–Crippen MR) is 149 cm³/mol. The zero-order valence-electron chi connectivity index (χ0n) is 21.5. The van der Waals surface area contributed by atoms with Crippen LogP contribution in [-0.4, -0.2) is 40.8 Å². The molecule has 38 heavy (non-hydrogen) atoms. The van der Waals surface area contributed by atoms with Crippen molar-refractivity contribution in [1.29, 1.82) is 0 Å². The monoisotopic (exact) mass is 531 g/mol. The minimum absolute atomic E-state index is 0.254. The van der Waals surface area contributed by atoms with E-state index in [-0.39, 0.29) is 5.82 Å². The van der Waals surface area contributed by atoms with E-state index in [1.807, 2.05) is 30.6 Å². The molecule has 0 radical (unpaired) electrons. The van der Waals surface area contributed by atoms with Crippen LogP contribution in [0.15, 0.2) is 67.0 Å². The van der Waals surface area contributed by atoms with Gasteiger partial charge in [0.05, 0.1) is 18.7 Å². The molecular weight excluding hydrogens is 501 g/mol. The Bertz CT molecular complexity index is 1460. The molecule has 2 aromatic heterocycles. The molecular formula is C31H31ClFN3O2. The molecule has 0 N–H and O–H groups in total. The van der Waals surface area contributed by atoms with E-state index >= 15 is 0 Å². The fourth-order valence-electron chi connectivity index (χ4n) is 5.79. The maximum Gasteiger partial charge on any atom is 0.195 e. The molecule has 2 aliphatic heterocycles. The Morgan fingerprint density at radius 1 is 1.08 bits per heavy atom. The summed E-state index contributed by atoms with van der Waals surface area (Å²) in [6.07, 6.45) is 8.49. The first-order valence-electron chi connectivity index (χ1n) is 13.2. The minimum Gasteiger partial charge on any atom is -0.343 e. The largest absolute Gasteiger partial charge is 0.343 e. The third kappa shape index (κ3) is 4.90. The number of allylic oxidation sites excluding steroid dienone is 1. The van der Waals surface area contributed by atoms with Gasteiger partial charge in [0.1, 0.15) is 5.82 Å². The molecule has 4 heterocycles.